The molecule has 7 heteroatoms. The first-order valence-electron chi connectivity index (χ1n) is 4.48. The third kappa shape index (κ3) is 1.72. The monoisotopic (exact) mass is 236 g/mol. The lowest BCUT2D eigenvalue weighted by Crippen LogP contribution is -1.94. The van der Waals surface area contributed by atoms with Crippen molar-refractivity contribution in [2.75, 3.05) is 0 Å². The number of nitrogens with zero attached hydrogens (tertiary/aromatic N) is 2. The van der Waals surface area contributed by atoms with E-state index >= 15 is 0 Å². The number of aromatic amines is 2. The van der Waals surface area contributed by atoms with Crippen LogP contribution in [-0.4, -0.2) is 20.1 Å². The lowest BCUT2D eigenvalue weighted by molar-refractivity contribution is -0.385. The van der Waals surface area contributed by atoms with E-state index in [2.05, 4.69) is 15.2 Å². The molecular weight excluding hydrogens is 228 g/mol. The van der Waals surface area contributed by atoms with Crippen LogP contribution in [0.3, 0.4) is 0 Å². The summed E-state index contributed by atoms with van der Waals surface area (Å²) in [4.78, 5) is 14.4. The van der Waals surface area contributed by atoms with Crippen LogP contribution in [0.25, 0.3) is 11.4 Å². The predicted octanol–water partition coefficient (Wildman–Crippen LogP) is 2.35. The molecule has 16 heavy (non-hydrogen) atoms. The lowest BCUT2D eigenvalue weighted by Gasteiger charge is -2.02. The van der Waals surface area contributed by atoms with Crippen LogP contribution in [-0.2, 0) is 0 Å². The number of H-pyrrole nitrogens is 2. The van der Waals surface area contributed by atoms with Gasteiger partial charge < -0.3 is 0 Å². The second-order valence-electron chi connectivity index (χ2n) is 3.22. The number of aromatic nitrogens is 3. The molecular formula is C9H8N4O2S. The van der Waals surface area contributed by atoms with Gasteiger partial charge in [0.2, 0.25) is 4.77 Å². The van der Waals surface area contributed by atoms with Gasteiger partial charge in [-0.2, -0.15) is 4.98 Å². The smallest absolute Gasteiger partial charge is 0.273 e. The summed E-state index contributed by atoms with van der Waals surface area (Å²) >= 11 is 4.83. The van der Waals surface area contributed by atoms with Crippen molar-refractivity contribution in [2.45, 2.75) is 6.92 Å². The van der Waals surface area contributed by atoms with E-state index < -0.39 is 4.92 Å². The van der Waals surface area contributed by atoms with E-state index in [1.807, 2.05) is 0 Å². The van der Waals surface area contributed by atoms with Gasteiger partial charge in [0, 0.05) is 17.2 Å². The SMILES string of the molecule is Cc1c(-c2nc(=S)[nH][nH]2)cccc1[N+](=O)[O-]. The lowest BCUT2D eigenvalue weighted by atomic mass is 10.1. The van der Waals surface area contributed by atoms with Gasteiger partial charge in [0.05, 0.1) is 4.92 Å². The Labute approximate surface area is 95.5 Å². The predicted molar refractivity (Wildman–Crippen MR) is 60.6 cm³/mol. The molecule has 0 aliphatic heterocycles. The van der Waals surface area contributed by atoms with Crippen molar-refractivity contribution in [1.82, 2.24) is 15.2 Å². The Hall–Kier alpha value is -2.02. The number of benzene rings is 1. The van der Waals surface area contributed by atoms with Crippen molar-refractivity contribution in [1.29, 1.82) is 0 Å². The normalized spacial score (nSPS) is 10.3. The summed E-state index contributed by atoms with van der Waals surface area (Å²) in [6.45, 7) is 1.68. The van der Waals surface area contributed by atoms with Crippen LogP contribution in [0.15, 0.2) is 18.2 Å². The Morgan fingerprint density at radius 1 is 1.44 bits per heavy atom. The Balaban J connectivity index is 2.62. The minimum absolute atomic E-state index is 0.0693. The number of rotatable bonds is 2. The fraction of sp³-hybridized carbons (Fsp3) is 0.111. The number of hydrogen-bond acceptors (Lipinski definition) is 4. The molecule has 2 N–H and O–H groups in total. The molecule has 82 valence electrons. The van der Waals surface area contributed by atoms with E-state index in [1.54, 1.807) is 19.1 Å². The minimum atomic E-state index is -0.417. The first-order chi connectivity index (χ1) is 7.59. The number of hydrogen-bond donors (Lipinski definition) is 2. The van der Waals surface area contributed by atoms with E-state index in [1.165, 1.54) is 6.07 Å². The highest BCUT2D eigenvalue weighted by Gasteiger charge is 2.15. The highest BCUT2D eigenvalue weighted by atomic mass is 32.1. The Kier molecular flexibility index (Phi) is 2.53. The number of nitro groups is 1. The van der Waals surface area contributed by atoms with E-state index in [9.17, 15) is 10.1 Å². The third-order valence-corrected chi connectivity index (χ3v) is 2.45. The summed E-state index contributed by atoms with van der Waals surface area (Å²) < 4.78 is 0.320. The van der Waals surface area contributed by atoms with E-state index in [0.717, 1.165) is 0 Å². The molecule has 0 radical (unpaired) electrons. The third-order valence-electron chi connectivity index (χ3n) is 2.26. The molecule has 0 amide bonds. The van der Waals surface area contributed by atoms with Crippen molar-refractivity contribution in [3.8, 4) is 11.4 Å². The van der Waals surface area contributed by atoms with Crippen molar-refractivity contribution < 1.29 is 4.92 Å². The number of nitrogens with one attached hydrogen (secondary N) is 2. The highest BCUT2D eigenvalue weighted by molar-refractivity contribution is 7.71. The fourth-order valence-electron chi connectivity index (χ4n) is 1.48. The summed E-state index contributed by atoms with van der Waals surface area (Å²) in [5.41, 5.74) is 1.30. The highest BCUT2D eigenvalue weighted by Crippen LogP contribution is 2.26. The van der Waals surface area contributed by atoms with Crippen LogP contribution in [0.4, 0.5) is 5.69 Å². The van der Waals surface area contributed by atoms with Crippen LogP contribution in [0.5, 0.6) is 0 Å². The molecule has 0 saturated heterocycles. The minimum Gasteiger partial charge on any atom is -0.282 e. The van der Waals surface area contributed by atoms with Crippen molar-refractivity contribution >= 4 is 17.9 Å². The number of nitro benzene ring substituents is 1. The Morgan fingerprint density at radius 3 is 2.75 bits per heavy atom. The van der Waals surface area contributed by atoms with Crippen LogP contribution in [0.1, 0.15) is 5.56 Å². The molecule has 0 atom stereocenters. The van der Waals surface area contributed by atoms with Crippen LogP contribution in [0, 0.1) is 21.8 Å². The van der Waals surface area contributed by atoms with Gasteiger partial charge >= 0.3 is 0 Å². The Morgan fingerprint density at radius 2 is 2.19 bits per heavy atom. The molecule has 1 aromatic carbocycles. The molecule has 0 spiro atoms. The maximum absolute atomic E-state index is 10.8. The van der Waals surface area contributed by atoms with Gasteiger partial charge in [-0.25, -0.2) is 0 Å². The van der Waals surface area contributed by atoms with Gasteiger partial charge in [-0.1, -0.05) is 12.1 Å². The average molecular weight is 236 g/mol. The standard InChI is InChI=1S/C9H8N4O2S/c1-5-6(8-10-9(16)12-11-8)3-2-4-7(5)13(14)15/h2-4H,1H3,(H2,10,11,12,16). The zero-order chi connectivity index (χ0) is 11.7. The topological polar surface area (TPSA) is 87.6 Å². The Bertz CT molecular complexity index is 602. The molecule has 1 heterocycles. The van der Waals surface area contributed by atoms with Gasteiger partial charge in [0.15, 0.2) is 5.82 Å². The van der Waals surface area contributed by atoms with Crippen LogP contribution < -0.4 is 0 Å². The van der Waals surface area contributed by atoms with E-state index in [4.69, 9.17) is 12.2 Å². The first kappa shape index (κ1) is 10.5. The van der Waals surface area contributed by atoms with E-state index in [0.29, 0.717) is 21.7 Å². The fourth-order valence-corrected chi connectivity index (χ4v) is 1.62. The maximum Gasteiger partial charge on any atom is 0.273 e. The molecule has 2 aromatic rings. The van der Waals surface area contributed by atoms with Crippen molar-refractivity contribution in [2.24, 2.45) is 0 Å². The van der Waals surface area contributed by atoms with Crippen LogP contribution >= 0.6 is 12.2 Å². The first-order valence-corrected chi connectivity index (χ1v) is 4.89. The van der Waals surface area contributed by atoms with Gasteiger partial charge in [0.1, 0.15) is 0 Å². The molecule has 0 saturated carbocycles. The van der Waals surface area contributed by atoms with Crippen molar-refractivity contribution in [3.05, 3.63) is 38.6 Å². The second kappa shape index (κ2) is 3.86. The van der Waals surface area contributed by atoms with Gasteiger partial charge in [-0.3, -0.25) is 20.3 Å². The molecule has 0 fully saturated rings. The summed E-state index contributed by atoms with van der Waals surface area (Å²) in [7, 11) is 0. The van der Waals surface area contributed by atoms with Gasteiger partial charge in [0.25, 0.3) is 5.69 Å². The summed E-state index contributed by atoms with van der Waals surface area (Å²) in [5, 5.41) is 16.2. The zero-order valence-corrected chi connectivity index (χ0v) is 9.17. The summed E-state index contributed by atoms with van der Waals surface area (Å²) in [6, 6.07) is 4.83. The molecule has 6 nitrogen and oxygen atoms in total. The second-order valence-corrected chi connectivity index (χ2v) is 3.61. The summed E-state index contributed by atoms with van der Waals surface area (Å²) in [5.74, 6) is 0.506. The zero-order valence-electron chi connectivity index (χ0n) is 8.35. The molecule has 0 unspecified atom stereocenters. The maximum atomic E-state index is 10.8. The summed E-state index contributed by atoms with van der Waals surface area (Å²) in [6.07, 6.45) is 0. The molecule has 0 bridgehead atoms. The average Bonchev–Trinajstić information content (AvgIpc) is 2.64. The molecule has 1 aromatic heterocycles. The van der Waals surface area contributed by atoms with Gasteiger partial charge in [-0.15, -0.1) is 0 Å². The molecule has 0 aliphatic carbocycles. The molecule has 0 aliphatic rings. The van der Waals surface area contributed by atoms with E-state index in [-0.39, 0.29) is 5.69 Å². The largest absolute Gasteiger partial charge is 0.282 e. The van der Waals surface area contributed by atoms with Crippen molar-refractivity contribution in [3.63, 3.8) is 0 Å². The van der Waals surface area contributed by atoms with Gasteiger partial charge in [-0.05, 0) is 19.1 Å². The quantitative estimate of drug-likeness (QED) is 0.476. The van der Waals surface area contributed by atoms with Crippen LogP contribution in [0.2, 0.25) is 0 Å². The molecule has 2 rings (SSSR count).